The third-order valence-corrected chi connectivity index (χ3v) is 7.59. The summed E-state index contributed by atoms with van der Waals surface area (Å²) in [6, 6.07) is 0. The van der Waals surface area contributed by atoms with Crippen LogP contribution in [0.4, 0.5) is 0 Å². The molecule has 2 nitrogen and oxygen atoms in total. The molecule has 1 saturated carbocycles. The zero-order valence-electron chi connectivity index (χ0n) is 13.5. The van der Waals surface area contributed by atoms with Crippen LogP contribution < -0.4 is 0 Å². The highest BCUT2D eigenvalue weighted by molar-refractivity contribution is 7.99. The Morgan fingerprint density at radius 2 is 1.40 bits per heavy atom. The summed E-state index contributed by atoms with van der Waals surface area (Å²) in [6.07, 6.45) is 10.4. The lowest BCUT2D eigenvalue weighted by molar-refractivity contribution is 0.0434. The minimum atomic E-state index is 0.749. The second-order valence-electron chi connectivity index (χ2n) is 7.95. The summed E-state index contributed by atoms with van der Waals surface area (Å²) in [5, 5.41) is 0. The lowest BCUT2D eigenvalue weighted by atomic mass is 9.63. The highest BCUT2D eigenvalue weighted by atomic mass is 32.2. The standard InChI is InChI=1S/C9H17N.C8H15NS/c1-10-7-5-9(6-8-10)3-2-4-9;1-9-4-2-8(6-9)3-5-10-7-8/h2-8H2,1H3;2-7H2,1H3. The van der Waals surface area contributed by atoms with Gasteiger partial charge in [-0.1, -0.05) is 6.42 Å². The average Bonchev–Trinajstić information content (AvgIpc) is 3.00. The molecule has 0 N–H and O–H groups in total. The molecule has 20 heavy (non-hydrogen) atoms. The van der Waals surface area contributed by atoms with Gasteiger partial charge in [0, 0.05) is 12.3 Å². The first-order valence-corrected chi connectivity index (χ1v) is 9.72. The van der Waals surface area contributed by atoms with Crippen LogP contribution in [0.2, 0.25) is 0 Å². The van der Waals surface area contributed by atoms with Gasteiger partial charge in [0.2, 0.25) is 0 Å². The van der Waals surface area contributed by atoms with E-state index in [2.05, 4.69) is 35.7 Å². The minimum Gasteiger partial charge on any atom is -0.306 e. The molecule has 3 aliphatic heterocycles. The summed E-state index contributed by atoms with van der Waals surface area (Å²) >= 11 is 2.15. The molecule has 4 fully saturated rings. The van der Waals surface area contributed by atoms with E-state index in [1.165, 1.54) is 82.6 Å². The molecule has 1 atom stereocenters. The maximum atomic E-state index is 2.48. The highest BCUT2D eigenvalue weighted by Gasteiger charge is 2.39. The number of hydrogen-bond donors (Lipinski definition) is 0. The molecule has 0 aromatic heterocycles. The number of piperidine rings is 1. The van der Waals surface area contributed by atoms with E-state index in [-0.39, 0.29) is 0 Å². The fourth-order valence-electron chi connectivity index (χ4n) is 4.40. The van der Waals surface area contributed by atoms with Gasteiger partial charge in [0.15, 0.2) is 0 Å². The molecule has 4 rings (SSSR count). The first-order chi connectivity index (χ1) is 9.62. The molecule has 3 heterocycles. The van der Waals surface area contributed by atoms with Crippen molar-refractivity contribution < 1.29 is 0 Å². The average molecular weight is 297 g/mol. The van der Waals surface area contributed by atoms with Gasteiger partial charge in [0.05, 0.1) is 0 Å². The monoisotopic (exact) mass is 296 g/mol. The molecule has 4 aliphatic rings. The number of rotatable bonds is 0. The molecule has 2 spiro atoms. The van der Waals surface area contributed by atoms with Gasteiger partial charge in [0.1, 0.15) is 0 Å². The lowest BCUT2D eigenvalue weighted by Crippen LogP contribution is -2.41. The van der Waals surface area contributed by atoms with Gasteiger partial charge in [-0.25, -0.2) is 0 Å². The minimum absolute atomic E-state index is 0.749. The van der Waals surface area contributed by atoms with Crippen LogP contribution in [0.1, 0.15) is 44.9 Å². The van der Waals surface area contributed by atoms with Crippen molar-refractivity contribution in [3.8, 4) is 0 Å². The van der Waals surface area contributed by atoms with Crippen molar-refractivity contribution in [2.24, 2.45) is 10.8 Å². The maximum Gasteiger partial charge on any atom is 0.00436 e. The Hall–Kier alpha value is 0.270. The lowest BCUT2D eigenvalue weighted by Gasteiger charge is -2.47. The fourth-order valence-corrected chi connectivity index (χ4v) is 5.93. The number of thioether (sulfide) groups is 1. The predicted octanol–water partition coefficient (Wildman–Crippen LogP) is 3.33. The van der Waals surface area contributed by atoms with Crippen LogP contribution in [0, 0.1) is 10.8 Å². The van der Waals surface area contributed by atoms with Gasteiger partial charge in [-0.15, -0.1) is 0 Å². The van der Waals surface area contributed by atoms with Gasteiger partial charge < -0.3 is 9.80 Å². The second kappa shape index (κ2) is 6.18. The molecule has 116 valence electrons. The van der Waals surface area contributed by atoms with Crippen LogP contribution >= 0.6 is 11.8 Å². The molecule has 3 heteroatoms. The molecule has 1 aliphatic carbocycles. The van der Waals surface area contributed by atoms with Crippen LogP contribution in [-0.4, -0.2) is 61.6 Å². The van der Waals surface area contributed by atoms with Crippen molar-refractivity contribution in [3.63, 3.8) is 0 Å². The summed E-state index contributed by atoms with van der Waals surface area (Å²) < 4.78 is 0. The van der Waals surface area contributed by atoms with Crippen molar-refractivity contribution >= 4 is 11.8 Å². The summed E-state index contributed by atoms with van der Waals surface area (Å²) in [6.45, 7) is 5.39. The van der Waals surface area contributed by atoms with Crippen molar-refractivity contribution in [1.29, 1.82) is 0 Å². The zero-order chi connectivity index (χ0) is 14.1. The molecular weight excluding hydrogens is 264 g/mol. The summed E-state index contributed by atoms with van der Waals surface area (Å²) in [7, 11) is 4.49. The highest BCUT2D eigenvalue weighted by Crippen LogP contribution is 2.48. The molecular formula is C17H32N2S. The first kappa shape index (κ1) is 15.2. The van der Waals surface area contributed by atoms with Crippen LogP contribution in [-0.2, 0) is 0 Å². The second-order valence-corrected chi connectivity index (χ2v) is 9.05. The Morgan fingerprint density at radius 3 is 1.85 bits per heavy atom. The third-order valence-electron chi connectivity index (χ3n) is 6.28. The van der Waals surface area contributed by atoms with Gasteiger partial charge in [-0.3, -0.25) is 0 Å². The van der Waals surface area contributed by atoms with Crippen molar-refractivity contribution in [2.45, 2.75) is 44.9 Å². The SMILES string of the molecule is CN1CCC2(CCC2)CC1.CN1CCC2(CCSC2)C1. The number of nitrogens with zero attached hydrogens (tertiary/aromatic N) is 2. The Labute approximate surface area is 129 Å². The van der Waals surface area contributed by atoms with E-state index in [1.807, 2.05) is 0 Å². The summed E-state index contributed by atoms with van der Waals surface area (Å²) in [4.78, 5) is 4.94. The smallest absolute Gasteiger partial charge is 0.00436 e. The molecule has 0 radical (unpaired) electrons. The van der Waals surface area contributed by atoms with E-state index in [1.54, 1.807) is 0 Å². The van der Waals surface area contributed by atoms with E-state index < -0.39 is 0 Å². The fraction of sp³-hybridized carbons (Fsp3) is 1.00. The molecule has 3 saturated heterocycles. The Kier molecular flexibility index (Phi) is 4.69. The topological polar surface area (TPSA) is 6.48 Å². The first-order valence-electron chi connectivity index (χ1n) is 8.57. The quantitative estimate of drug-likeness (QED) is 0.677. The Morgan fingerprint density at radius 1 is 0.750 bits per heavy atom. The van der Waals surface area contributed by atoms with Gasteiger partial charge >= 0.3 is 0 Å². The van der Waals surface area contributed by atoms with E-state index >= 15 is 0 Å². The van der Waals surface area contributed by atoms with E-state index in [9.17, 15) is 0 Å². The number of likely N-dealkylation sites (tertiary alicyclic amines) is 2. The van der Waals surface area contributed by atoms with E-state index in [0.29, 0.717) is 0 Å². The zero-order valence-corrected chi connectivity index (χ0v) is 14.3. The van der Waals surface area contributed by atoms with Gasteiger partial charge in [-0.2, -0.15) is 11.8 Å². The van der Waals surface area contributed by atoms with Crippen LogP contribution in [0.5, 0.6) is 0 Å². The third kappa shape index (κ3) is 3.36. The van der Waals surface area contributed by atoms with Gasteiger partial charge in [0.25, 0.3) is 0 Å². The summed E-state index contributed by atoms with van der Waals surface area (Å²) in [5.41, 5.74) is 1.59. The van der Waals surface area contributed by atoms with Crippen molar-refractivity contribution in [1.82, 2.24) is 9.80 Å². The summed E-state index contributed by atoms with van der Waals surface area (Å²) in [5.74, 6) is 2.84. The molecule has 0 bridgehead atoms. The van der Waals surface area contributed by atoms with Crippen molar-refractivity contribution in [3.05, 3.63) is 0 Å². The Balaban J connectivity index is 0.000000121. The molecule has 0 aromatic rings. The predicted molar refractivity (Wildman–Crippen MR) is 89.5 cm³/mol. The number of hydrogen-bond acceptors (Lipinski definition) is 3. The van der Waals surface area contributed by atoms with Crippen LogP contribution in [0.25, 0.3) is 0 Å². The molecule has 1 unspecified atom stereocenters. The molecule has 0 amide bonds. The van der Waals surface area contributed by atoms with E-state index in [0.717, 1.165) is 10.8 Å². The Bertz CT molecular complexity index is 311. The maximum absolute atomic E-state index is 2.48. The van der Waals surface area contributed by atoms with Gasteiger partial charge in [-0.05, 0) is 88.8 Å². The largest absolute Gasteiger partial charge is 0.306 e. The van der Waals surface area contributed by atoms with Crippen molar-refractivity contribution in [2.75, 3.05) is 51.8 Å². The normalized spacial score (nSPS) is 36.9. The van der Waals surface area contributed by atoms with Crippen LogP contribution in [0.3, 0.4) is 0 Å². The van der Waals surface area contributed by atoms with E-state index in [4.69, 9.17) is 0 Å². The van der Waals surface area contributed by atoms with Crippen LogP contribution in [0.15, 0.2) is 0 Å². The molecule has 0 aromatic carbocycles.